The van der Waals surface area contributed by atoms with Crippen LogP contribution in [0.15, 0.2) is 46.9 Å². The van der Waals surface area contributed by atoms with Gasteiger partial charge in [-0.1, -0.05) is 30.3 Å². The molecule has 0 aliphatic rings. The normalized spacial score (nSPS) is 10.3. The van der Waals surface area contributed by atoms with Crippen molar-refractivity contribution in [2.75, 3.05) is 27.4 Å². The molecule has 0 atom stereocenters. The van der Waals surface area contributed by atoms with E-state index in [0.717, 1.165) is 15.6 Å². The first kappa shape index (κ1) is 14.9. The maximum absolute atomic E-state index is 5.69. The summed E-state index contributed by atoms with van der Waals surface area (Å²) in [6, 6.07) is 14.1. The van der Waals surface area contributed by atoms with E-state index >= 15 is 0 Å². The fraction of sp³-hybridized carbons (Fsp3) is 0.250. The van der Waals surface area contributed by atoms with E-state index in [1.54, 1.807) is 14.2 Å². The molecule has 0 unspecified atom stereocenters. The summed E-state index contributed by atoms with van der Waals surface area (Å²) in [5.74, 6) is 1.40. The lowest BCUT2D eigenvalue weighted by Gasteiger charge is -2.14. The molecule has 0 aromatic heterocycles. The van der Waals surface area contributed by atoms with Crippen molar-refractivity contribution in [1.29, 1.82) is 0 Å². The van der Waals surface area contributed by atoms with E-state index < -0.39 is 0 Å². The van der Waals surface area contributed by atoms with Gasteiger partial charge in [0, 0.05) is 7.11 Å². The zero-order valence-corrected chi connectivity index (χ0v) is 13.1. The number of rotatable bonds is 6. The van der Waals surface area contributed by atoms with Crippen molar-refractivity contribution >= 4 is 15.9 Å². The molecule has 20 heavy (non-hydrogen) atoms. The molecule has 0 amide bonds. The van der Waals surface area contributed by atoms with E-state index in [2.05, 4.69) is 28.1 Å². The van der Waals surface area contributed by atoms with Crippen LogP contribution in [0, 0.1) is 0 Å². The molecule has 2 aromatic rings. The van der Waals surface area contributed by atoms with Crippen LogP contribution in [0.25, 0.3) is 11.1 Å². The van der Waals surface area contributed by atoms with Gasteiger partial charge in [0.1, 0.15) is 6.61 Å². The topological polar surface area (TPSA) is 27.7 Å². The quantitative estimate of drug-likeness (QED) is 0.741. The first-order chi connectivity index (χ1) is 9.76. The van der Waals surface area contributed by atoms with Gasteiger partial charge in [-0.15, -0.1) is 0 Å². The van der Waals surface area contributed by atoms with Gasteiger partial charge < -0.3 is 14.2 Å². The van der Waals surface area contributed by atoms with Crippen LogP contribution in [0.4, 0.5) is 0 Å². The predicted molar refractivity (Wildman–Crippen MR) is 83.5 cm³/mol. The minimum atomic E-state index is 0.482. The molecule has 0 saturated heterocycles. The lowest BCUT2D eigenvalue weighted by Crippen LogP contribution is -2.05. The molecule has 0 spiro atoms. The van der Waals surface area contributed by atoms with Crippen molar-refractivity contribution in [3.8, 4) is 22.6 Å². The van der Waals surface area contributed by atoms with Gasteiger partial charge in [0.2, 0.25) is 0 Å². The summed E-state index contributed by atoms with van der Waals surface area (Å²) in [5, 5.41) is 0. The Morgan fingerprint density at radius 3 is 2.35 bits per heavy atom. The highest BCUT2D eigenvalue weighted by atomic mass is 79.9. The molecule has 3 nitrogen and oxygen atoms in total. The number of ether oxygens (including phenoxy) is 3. The van der Waals surface area contributed by atoms with Gasteiger partial charge in [-0.05, 0) is 39.2 Å². The third-order valence-electron chi connectivity index (χ3n) is 2.87. The molecular formula is C16H17BrO3. The second kappa shape index (κ2) is 7.31. The number of benzene rings is 2. The van der Waals surface area contributed by atoms with Crippen LogP contribution < -0.4 is 9.47 Å². The maximum atomic E-state index is 5.69. The Morgan fingerprint density at radius 1 is 0.950 bits per heavy atom. The number of methoxy groups -OCH3 is 2. The van der Waals surface area contributed by atoms with Crippen molar-refractivity contribution in [1.82, 2.24) is 0 Å². The van der Waals surface area contributed by atoms with Crippen LogP contribution in [-0.2, 0) is 4.74 Å². The first-order valence-corrected chi connectivity index (χ1v) is 7.10. The lowest BCUT2D eigenvalue weighted by atomic mass is 10.1. The van der Waals surface area contributed by atoms with Crippen molar-refractivity contribution in [3.05, 3.63) is 46.9 Å². The molecule has 0 radical (unpaired) electrons. The molecule has 0 fully saturated rings. The number of hydrogen-bond acceptors (Lipinski definition) is 3. The Kier molecular flexibility index (Phi) is 5.44. The fourth-order valence-corrected chi connectivity index (χ4v) is 2.44. The zero-order valence-electron chi connectivity index (χ0n) is 11.6. The molecule has 2 rings (SSSR count). The molecular weight excluding hydrogens is 320 g/mol. The van der Waals surface area contributed by atoms with Gasteiger partial charge in [-0.3, -0.25) is 0 Å². The molecule has 0 aliphatic carbocycles. The smallest absolute Gasteiger partial charge is 0.175 e. The Morgan fingerprint density at radius 2 is 1.70 bits per heavy atom. The molecule has 0 N–H and O–H groups in total. The zero-order chi connectivity index (χ0) is 14.4. The van der Waals surface area contributed by atoms with Crippen LogP contribution in [0.1, 0.15) is 0 Å². The maximum Gasteiger partial charge on any atom is 0.175 e. The number of hydrogen-bond donors (Lipinski definition) is 0. The Bertz CT molecular complexity index is 555. The molecule has 0 heterocycles. The largest absolute Gasteiger partial charge is 0.493 e. The summed E-state index contributed by atoms with van der Waals surface area (Å²) in [5.41, 5.74) is 2.21. The van der Waals surface area contributed by atoms with Crippen LogP contribution in [0.3, 0.4) is 0 Å². The van der Waals surface area contributed by atoms with Crippen LogP contribution in [0.5, 0.6) is 11.5 Å². The highest BCUT2D eigenvalue weighted by molar-refractivity contribution is 9.10. The average Bonchev–Trinajstić information content (AvgIpc) is 2.49. The Labute approximate surface area is 127 Å². The average molecular weight is 337 g/mol. The molecule has 106 valence electrons. The van der Waals surface area contributed by atoms with E-state index in [1.165, 1.54) is 0 Å². The summed E-state index contributed by atoms with van der Waals surface area (Å²) >= 11 is 3.54. The van der Waals surface area contributed by atoms with E-state index in [9.17, 15) is 0 Å². The van der Waals surface area contributed by atoms with Crippen LogP contribution in [0.2, 0.25) is 0 Å². The minimum Gasteiger partial charge on any atom is -0.493 e. The number of halogens is 1. The molecule has 0 aliphatic heterocycles. The van der Waals surface area contributed by atoms with E-state index in [1.807, 2.05) is 30.3 Å². The lowest BCUT2D eigenvalue weighted by molar-refractivity contribution is 0.144. The highest BCUT2D eigenvalue weighted by Crippen LogP contribution is 2.39. The Hall–Kier alpha value is -1.52. The SMILES string of the molecule is COCCOc1c(Br)cc(-c2ccccc2)cc1OC. The monoisotopic (exact) mass is 336 g/mol. The summed E-state index contributed by atoms with van der Waals surface area (Å²) in [7, 11) is 3.29. The van der Waals surface area contributed by atoms with Crippen molar-refractivity contribution < 1.29 is 14.2 Å². The second-order valence-corrected chi connectivity index (χ2v) is 5.05. The van der Waals surface area contributed by atoms with Crippen LogP contribution >= 0.6 is 15.9 Å². The third kappa shape index (κ3) is 3.52. The highest BCUT2D eigenvalue weighted by Gasteiger charge is 2.12. The van der Waals surface area contributed by atoms with Crippen molar-refractivity contribution in [2.24, 2.45) is 0 Å². The van der Waals surface area contributed by atoms with Gasteiger partial charge in [0.15, 0.2) is 11.5 Å². The van der Waals surface area contributed by atoms with E-state index in [0.29, 0.717) is 24.7 Å². The van der Waals surface area contributed by atoms with Crippen LogP contribution in [-0.4, -0.2) is 27.4 Å². The summed E-state index contributed by atoms with van der Waals surface area (Å²) in [6.07, 6.45) is 0. The first-order valence-electron chi connectivity index (χ1n) is 6.31. The van der Waals surface area contributed by atoms with E-state index in [-0.39, 0.29) is 0 Å². The fourth-order valence-electron chi connectivity index (χ4n) is 1.88. The standard InChI is InChI=1S/C16H17BrO3/c1-18-8-9-20-16-14(17)10-13(11-15(16)19-2)12-6-4-3-5-7-12/h3-7,10-11H,8-9H2,1-2H3. The van der Waals surface area contributed by atoms with Gasteiger partial charge in [0.25, 0.3) is 0 Å². The van der Waals surface area contributed by atoms with Gasteiger partial charge >= 0.3 is 0 Å². The molecule has 2 aromatic carbocycles. The summed E-state index contributed by atoms with van der Waals surface area (Å²) in [6.45, 7) is 1.02. The molecule has 0 saturated carbocycles. The van der Waals surface area contributed by atoms with Gasteiger partial charge in [0.05, 0.1) is 18.2 Å². The predicted octanol–water partition coefficient (Wildman–Crippen LogP) is 4.15. The second-order valence-electron chi connectivity index (χ2n) is 4.20. The molecule has 4 heteroatoms. The van der Waals surface area contributed by atoms with Crippen molar-refractivity contribution in [3.63, 3.8) is 0 Å². The van der Waals surface area contributed by atoms with Gasteiger partial charge in [-0.2, -0.15) is 0 Å². The molecule has 0 bridgehead atoms. The Balaban J connectivity index is 2.32. The summed E-state index contributed by atoms with van der Waals surface area (Å²) < 4.78 is 17.0. The van der Waals surface area contributed by atoms with Gasteiger partial charge in [-0.25, -0.2) is 0 Å². The summed E-state index contributed by atoms with van der Waals surface area (Å²) in [4.78, 5) is 0. The minimum absolute atomic E-state index is 0.482. The van der Waals surface area contributed by atoms with Crippen molar-refractivity contribution in [2.45, 2.75) is 0 Å². The third-order valence-corrected chi connectivity index (χ3v) is 3.46. The van der Waals surface area contributed by atoms with E-state index in [4.69, 9.17) is 14.2 Å².